The maximum absolute atomic E-state index is 14.0. The van der Waals surface area contributed by atoms with Gasteiger partial charge in [-0.15, -0.1) is 0 Å². The Labute approximate surface area is 276 Å². The van der Waals surface area contributed by atoms with Crippen molar-refractivity contribution >= 4 is 46.4 Å². The first kappa shape index (κ1) is 37.0. The SMILES string of the molecule is CC(C)C[C@@H]1NC(=O)[C@@H](C(C)C)NC(=O)[C@H](C)NC(=O)[C@H](CCC(=O)OC(C)(C)C)NC(=O)[C@H](Cc2c[nH]c3ccccc23)NC1=O. The minimum atomic E-state index is -1.25. The molecule has 258 valence electrons. The van der Waals surface area contributed by atoms with Gasteiger partial charge in [0.2, 0.25) is 29.5 Å². The van der Waals surface area contributed by atoms with Crippen LogP contribution < -0.4 is 26.6 Å². The molecular formula is C34H50N6O7. The Morgan fingerprint density at radius 1 is 0.787 bits per heavy atom. The number of H-pyrrole nitrogens is 1. The molecule has 13 nitrogen and oxygen atoms in total. The zero-order chi connectivity index (χ0) is 35.1. The number of aromatic nitrogens is 1. The molecule has 2 heterocycles. The van der Waals surface area contributed by atoms with E-state index in [1.54, 1.807) is 40.8 Å². The Balaban J connectivity index is 2.04. The minimum Gasteiger partial charge on any atom is -0.460 e. The van der Waals surface area contributed by atoms with E-state index < -0.39 is 71.3 Å². The number of carbonyl (C=O) groups is 6. The van der Waals surface area contributed by atoms with Gasteiger partial charge in [-0.2, -0.15) is 0 Å². The number of fused-ring (bicyclic) bond motifs is 1. The fourth-order valence-electron chi connectivity index (χ4n) is 5.36. The zero-order valence-corrected chi connectivity index (χ0v) is 28.6. The van der Waals surface area contributed by atoms with E-state index in [4.69, 9.17) is 4.74 Å². The number of esters is 1. The smallest absolute Gasteiger partial charge is 0.306 e. The molecule has 1 aliphatic rings. The van der Waals surface area contributed by atoms with E-state index >= 15 is 0 Å². The quantitative estimate of drug-likeness (QED) is 0.235. The molecule has 1 fully saturated rings. The van der Waals surface area contributed by atoms with Crippen molar-refractivity contribution in [3.05, 3.63) is 36.0 Å². The van der Waals surface area contributed by atoms with Gasteiger partial charge in [0.25, 0.3) is 0 Å². The first-order valence-electron chi connectivity index (χ1n) is 16.2. The first-order valence-corrected chi connectivity index (χ1v) is 16.2. The van der Waals surface area contributed by atoms with E-state index in [0.717, 1.165) is 16.5 Å². The summed E-state index contributed by atoms with van der Waals surface area (Å²) in [6, 6.07) is 2.02. The van der Waals surface area contributed by atoms with Crippen LogP contribution in [0.2, 0.25) is 0 Å². The van der Waals surface area contributed by atoms with Gasteiger partial charge < -0.3 is 36.3 Å². The molecule has 0 saturated carbocycles. The molecule has 2 aromatic rings. The van der Waals surface area contributed by atoms with Gasteiger partial charge in [0.05, 0.1) is 0 Å². The second-order valence-corrected chi connectivity index (χ2v) is 14.0. The standard InChI is InChI=1S/C34H50N6O7/c1-18(2)15-25-31(44)38-26(16-21-17-35-23-12-10-9-11-22(21)23)32(45)37-24(13-14-27(41)47-34(6,7)8)30(43)36-20(5)29(42)40-28(19(3)4)33(46)39-25/h9-12,17-20,24-26,28,35H,13-16H2,1-8H3,(H,36,43)(H,37,45)(H,38,44)(H,39,46)(H,40,42)/t20-,24-,25-,26-,28+/m0/s1. The van der Waals surface area contributed by atoms with Crippen LogP contribution in [0.4, 0.5) is 0 Å². The van der Waals surface area contributed by atoms with Gasteiger partial charge in [-0.3, -0.25) is 28.8 Å². The minimum absolute atomic E-state index is 0.000182. The number of carbonyl (C=O) groups excluding carboxylic acids is 6. The molecule has 47 heavy (non-hydrogen) atoms. The highest BCUT2D eigenvalue weighted by Gasteiger charge is 2.35. The Morgan fingerprint density at radius 3 is 2.02 bits per heavy atom. The lowest BCUT2D eigenvalue weighted by atomic mass is 9.98. The second kappa shape index (κ2) is 15.9. The van der Waals surface area contributed by atoms with Gasteiger partial charge >= 0.3 is 5.97 Å². The Morgan fingerprint density at radius 2 is 1.38 bits per heavy atom. The predicted octanol–water partition coefficient (Wildman–Crippen LogP) is 1.99. The summed E-state index contributed by atoms with van der Waals surface area (Å²) in [4.78, 5) is 83.7. The van der Waals surface area contributed by atoms with Crippen molar-refractivity contribution in [2.45, 2.75) is 117 Å². The molecule has 3 rings (SSSR count). The predicted molar refractivity (Wildman–Crippen MR) is 177 cm³/mol. The van der Waals surface area contributed by atoms with Gasteiger partial charge in [0.15, 0.2) is 0 Å². The summed E-state index contributed by atoms with van der Waals surface area (Å²) in [7, 11) is 0. The summed E-state index contributed by atoms with van der Waals surface area (Å²) in [5.41, 5.74) is 0.842. The molecular weight excluding hydrogens is 604 g/mol. The number of hydrogen-bond acceptors (Lipinski definition) is 7. The number of para-hydroxylation sites is 1. The summed E-state index contributed by atoms with van der Waals surface area (Å²) in [6.07, 6.45) is 1.77. The maximum Gasteiger partial charge on any atom is 0.306 e. The van der Waals surface area contributed by atoms with Crippen LogP contribution in [0, 0.1) is 11.8 Å². The number of aromatic amines is 1. The van der Waals surface area contributed by atoms with Crippen LogP contribution in [0.1, 0.15) is 80.2 Å². The van der Waals surface area contributed by atoms with Crippen LogP contribution in [0.5, 0.6) is 0 Å². The molecule has 1 aromatic heterocycles. The first-order chi connectivity index (χ1) is 21.9. The van der Waals surface area contributed by atoms with Crippen molar-refractivity contribution in [1.82, 2.24) is 31.6 Å². The average molecular weight is 655 g/mol. The van der Waals surface area contributed by atoms with Crippen molar-refractivity contribution in [2.75, 3.05) is 0 Å². The Bertz CT molecular complexity index is 1460. The topological polar surface area (TPSA) is 188 Å². The third-order valence-electron chi connectivity index (χ3n) is 7.76. The number of rotatable bonds is 8. The van der Waals surface area contributed by atoms with Crippen molar-refractivity contribution < 1.29 is 33.5 Å². The monoisotopic (exact) mass is 654 g/mol. The molecule has 0 bridgehead atoms. The van der Waals surface area contributed by atoms with Crippen LogP contribution >= 0.6 is 0 Å². The number of nitrogens with one attached hydrogen (secondary N) is 6. The Kier molecular flexibility index (Phi) is 12.5. The van der Waals surface area contributed by atoms with Crippen molar-refractivity contribution in [3.8, 4) is 0 Å². The molecule has 1 aliphatic heterocycles. The van der Waals surface area contributed by atoms with E-state index in [-0.39, 0.29) is 37.5 Å². The van der Waals surface area contributed by atoms with Crippen LogP contribution in [-0.4, -0.2) is 76.3 Å². The molecule has 0 radical (unpaired) electrons. The molecule has 13 heteroatoms. The van der Waals surface area contributed by atoms with E-state index in [1.165, 1.54) is 6.92 Å². The third-order valence-corrected chi connectivity index (χ3v) is 7.76. The second-order valence-electron chi connectivity index (χ2n) is 14.0. The summed E-state index contributed by atoms with van der Waals surface area (Å²) < 4.78 is 5.40. The molecule has 5 atom stereocenters. The summed E-state index contributed by atoms with van der Waals surface area (Å²) >= 11 is 0. The zero-order valence-electron chi connectivity index (χ0n) is 28.6. The van der Waals surface area contributed by atoms with Crippen molar-refractivity contribution in [3.63, 3.8) is 0 Å². The largest absolute Gasteiger partial charge is 0.460 e. The van der Waals surface area contributed by atoms with E-state index in [2.05, 4.69) is 31.6 Å². The Hall–Kier alpha value is -4.42. The summed E-state index contributed by atoms with van der Waals surface area (Å²) in [5, 5.41) is 14.5. The lowest BCUT2D eigenvalue weighted by molar-refractivity contribution is -0.155. The number of ether oxygens (including phenoxy) is 1. The highest BCUT2D eigenvalue weighted by Crippen LogP contribution is 2.20. The molecule has 6 N–H and O–H groups in total. The molecule has 0 aliphatic carbocycles. The highest BCUT2D eigenvalue weighted by atomic mass is 16.6. The van der Waals surface area contributed by atoms with Gasteiger partial charge in [-0.1, -0.05) is 45.9 Å². The van der Waals surface area contributed by atoms with Crippen LogP contribution in [-0.2, 0) is 39.9 Å². The van der Waals surface area contributed by atoms with E-state index in [1.807, 2.05) is 38.1 Å². The average Bonchev–Trinajstić information content (AvgIpc) is 3.37. The molecule has 0 unspecified atom stereocenters. The third kappa shape index (κ3) is 10.8. The van der Waals surface area contributed by atoms with Crippen LogP contribution in [0.3, 0.4) is 0 Å². The lowest BCUT2D eigenvalue weighted by Crippen LogP contribution is -2.59. The molecule has 1 saturated heterocycles. The van der Waals surface area contributed by atoms with Gasteiger partial charge in [0.1, 0.15) is 35.8 Å². The summed E-state index contributed by atoms with van der Waals surface area (Å²) in [6.45, 7) is 13.9. The van der Waals surface area contributed by atoms with E-state index in [0.29, 0.717) is 0 Å². The summed E-state index contributed by atoms with van der Waals surface area (Å²) in [5.74, 6) is -4.06. The number of hydrogen-bond donors (Lipinski definition) is 6. The van der Waals surface area contributed by atoms with Crippen LogP contribution in [0.15, 0.2) is 30.5 Å². The van der Waals surface area contributed by atoms with Gasteiger partial charge in [0, 0.05) is 29.9 Å². The fourth-order valence-corrected chi connectivity index (χ4v) is 5.36. The van der Waals surface area contributed by atoms with Gasteiger partial charge in [-0.25, -0.2) is 0 Å². The number of benzene rings is 1. The normalized spacial score (nSPS) is 23.7. The van der Waals surface area contributed by atoms with Crippen LogP contribution in [0.25, 0.3) is 10.9 Å². The highest BCUT2D eigenvalue weighted by molar-refractivity contribution is 5.98. The fraction of sp³-hybridized carbons (Fsp3) is 0.588. The molecule has 5 amide bonds. The lowest BCUT2D eigenvalue weighted by Gasteiger charge is -2.27. The van der Waals surface area contributed by atoms with Crippen molar-refractivity contribution in [2.24, 2.45) is 11.8 Å². The molecule has 0 spiro atoms. The molecule has 1 aromatic carbocycles. The number of amides is 5. The maximum atomic E-state index is 14.0. The van der Waals surface area contributed by atoms with Crippen molar-refractivity contribution in [1.29, 1.82) is 0 Å². The van der Waals surface area contributed by atoms with Gasteiger partial charge in [-0.05, 0) is 64.0 Å². The van der Waals surface area contributed by atoms with E-state index in [9.17, 15) is 28.8 Å².